The lowest BCUT2D eigenvalue weighted by atomic mass is 10.2. The van der Waals surface area contributed by atoms with Gasteiger partial charge in [0.25, 0.3) is 11.5 Å². The van der Waals surface area contributed by atoms with E-state index in [2.05, 4.69) is 11.1 Å². The van der Waals surface area contributed by atoms with Gasteiger partial charge in [-0.05, 0) is 49.6 Å². The SMILES string of the molecule is Cc1cccn2c(=O)c3cc(C#N)c(=NC(=O)c4ccccc4Cl)n(C[C@H]4CCCO4)c3nc12. The molecular formula is C25H20ClN5O3. The molecule has 0 aliphatic carbocycles. The molecule has 4 aromatic rings. The topological polar surface area (TPSA) is 102 Å². The third-order valence-corrected chi connectivity index (χ3v) is 6.28. The molecule has 4 heterocycles. The van der Waals surface area contributed by atoms with Crippen LogP contribution >= 0.6 is 11.6 Å². The van der Waals surface area contributed by atoms with E-state index in [1.807, 2.05) is 13.0 Å². The molecular weight excluding hydrogens is 454 g/mol. The van der Waals surface area contributed by atoms with E-state index < -0.39 is 5.91 Å². The number of halogens is 1. The first-order chi connectivity index (χ1) is 16.5. The number of pyridine rings is 2. The van der Waals surface area contributed by atoms with Gasteiger partial charge in [-0.15, -0.1) is 0 Å². The van der Waals surface area contributed by atoms with Crippen molar-refractivity contribution < 1.29 is 9.53 Å². The highest BCUT2D eigenvalue weighted by Crippen LogP contribution is 2.19. The molecule has 1 aliphatic rings. The molecule has 5 rings (SSSR count). The minimum absolute atomic E-state index is 0.0948. The number of carbonyl (C=O) groups is 1. The molecule has 0 saturated carbocycles. The number of ether oxygens (including phenoxy) is 1. The number of benzene rings is 1. The Balaban J connectivity index is 1.86. The smallest absolute Gasteiger partial charge is 0.280 e. The summed E-state index contributed by atoms with van der Waals surface area (Å²) in [5, 5.41) is 10.5. The average molecular weight is 474 g/mol. The van der Waals surface area contributed by atoms with Gasteiger partial charge in [-0.3, -0.25) is 14.0 Å². The third kappa shape index (κ3) is 3.79. The number of fused-ring (bicyclic) bond motifs is 2. The fourth-order valence-corrected chi connectivity index (χ4v) is 4.46. The summed E-state index contributed by atoms with van der Waals surface area (Å²) >= 11 is 6.21. The molecule has 1 saturated heterocycles. The summed E-state index contributed by atoms with van der Waals surface area (Å²) in [6.45, 7) is 2.80. The normalized spacial score (nSPS) is 16.3. The van der Waals surface area contributed by atoms with Gasteiger partial charge in [0.05, 0.1) is 34.2 Å². The molecule has 170 valence electrons. The van der Waals surface area contributed by atoms with Gasteiger partial charge < -0.3 is 9.30 Å². The Morgan fingerprint density at radius 1 is 1.29 bits per heavy atom. The molecule has 1 aliphatic heterocycles. The second-order valence-electron chi connectivity index (χ2n) is 8.17. The van der Waals surface area contributed by atoms with Gasteiger partial charge >= 0.3 is 0 Å². The zero-order valence-corrected chi connectivity index (χ0v) is 19.1. The molecule has 0 unspecified atom stereocenters. The average Bonchev–Trinajstić information content (AvgIpc) is 3.35. The van der Waals surface area contributed by atoms with Crippen molar-refractivity contribution in [3.63, 3.8) is 0 Å². The number of amides is 1. The van der Waals surface area contributed by atoms with Gasteiger partial charge in [0.15, 0.2) is 5.49 Å². The van der Waals surface area contributed by atoms with Crippen LogP contribution in [0.25, 0.3) is 16.7 Å². The third-order valence-electron chi connectivity index (χ3n) is 5.95. The summed E-state index contributed by atoms with van der Waals surface area (Å²) in [5.74, 6) is -0.587. The maximum Gasteiger partial charge on any atom is 0.280 e. The molecule has 0 bridgehead atoms. The quantitative estimate of drug-likeness (QED) is 0.424. The number of aromatic nitrogens is 3. The molecule has 8 nitrogen and oxygen atoms in total. The van der Waals surface area contributed by atoms with E-state index in [0.717, 1.165) is 18.4 Å². The van der Waals surface area contributed by atoms with Gasteiger partial charge in [-0.25, -0.2) is 4.98 Å². The van der Waals surface area contributed by atoms with Crippen LogP contribution in [0.2, 0.25) is 5.02 Å². The summed E-state index contributed by atoms with van der Waals surface area (Å²) in [6.07, 6.45) is 3.22. The molecule has 0 spiro atoms. The van der Waals surface area contributed by atoms with Crippen LogP contribution in [0.5, 0.6) is 0 Å². The van der Waals surface area contributed by atoms with Crippen LogP contribution in [-0.2, 0) is 11.3 Å². The van der Waals surface area contributed by atoms with Crippen LogP contribution in [0.1, 0.15) is 34.3 Å². The zero-order valence-electron chi connectivity index (χ0n) is 18.4. The lowest BCUT2D eigenvalue weighted by Gasteiger charge is -2.17. The van der Waals surface area contributed by atoms with E-state index in [9.17, 15) is 14.9 Å². The lowest BCUT2D eigenvalue weighted by Crippen LogP contribution is -2.33. The molecule has 34 heavy (non-hydrogen) atoms. The highest BCUT2D eigenvalue weighted by molar-refractivity contribution is 6.33. The van der Waals surface area contributed by atoms with Gasteiger partial charge in [0, 0.05) is 12.8 Å². The summed E-state index contributed by atoms with van der Waals surface area (Å²) in [6, 6.07) is 13.8. The lowest BCUT2D eigenvalue weighted by molar-refractivity contribution is 0.0952. The minimum atomic E-state index is -0.587. The Bertz CT molecular complexity index is 1620. The molecule has 1 atom stereocenters. The molecule has 1 amide bonds. The molecule has 3 aromatic heterocycles. The summed E-state index contributed by atoms with van der Waals surface area (Å²) in [4.78, 5) is 35.5. The van der Waals surface area contributed by atoms with Crippen molar-refractivity contribution in [2.24, 2.45) is 4.99 Å². The fraction of sp³-hybridized carbons (Fsp3) is 0.240. The van der Waals surface area contributed by atoms with Gasteiger partial charge in [0.2, 0.25) is 0 Å². The Kier molecular flexibility index (Phi) is 5.74. The number of hydrogen-bond acceptors (Lipinski definition) is 5. The van der Waals surface area contributed by atoms with Gasteiger partial charge in [-0.2, -0.15) is 10.3 Å². The van der Waals surface area contributed by atoms with Gasteiger partial charge in [-0.1, -0.05) is 29.8 Å². The van der Waals surface area contributed by atoms with Crippen LogP contribution in [0.3, 0.4) is 0 Å². The number of hydrogen-bond donors (Lipinski definition) is 0. The van der Waals surface area contributed by atoms with Crippen molar-refractivity contribution in [1.82, 2.24) is 14.0 Å². The van der Waals surface area contributed by atoms with Gasteiger partial charge in [0.1, 0.15) is 17.4 Å². The Labute approximate surface area is 199 Å². The fourth-order valence-electron chi connectivity index (χ4n) is 4.25. The van der Waals surface area contributed by atoms with Crippen molar-refractivity contribution in [3.8, 4) is 6.07 Å². The number of aryl methyl sites for hydroxylation is 1. The predicted octanol–water partition coefficient (Wildman–Crippen LogP) is 3.40. The largest absolute Gasteiger partial charge is 0.376 e. The summed E-state index contributed by atoms with van der Waals surface area (Å²) < 4.78 is 8.94. The van der Waals surface area contributed by atoms with Crippen LogP contribution < -0.4 is 11.0 Å². The molecule has 0 N–H and O–H groups in total. The molecule has 0 radical (unpaired) electrons. The van der Waals surface area contributed by atoms with Crippen LogP contribution in [0.15, 0.2) is 58.4 Å². The highest BCUT2D eigenvalue weighted by atomic mass is 35.5. The second-order valence-corrected chi connectivity index (χ2v) is 8.58. The monoisotopic (exact) mass is 473 g/mol. The van der Waals surface area contributed by atoms with Crippen molar-refractivity contribution in [3.05, 3.63) is 86.2 Å². The maximum atomic E-state index is 13.4. The molecule has 1 fully saturated rings. The summed E-state index contributed by atoms with van der Waals surface area (Å²) in [7, 11) is 0. The van der Waals surface area contributed by atoms with E-state index in [-0.39, 0.29) is 38.7 Å². The summed E-state index contributed by atoms with van der Waals surface area (Å²) in [5.41, 5.74) is 1.80. The van der Waals surface area contributed by atoms with Crippen molar-refractivity contribution in [2.45, 2.75) is 32.4 Å². The maximum absolute atomic E-state index is 13.4. The standard InChI is InChI=1S/C25H20ClN5O3/c1-15-6-4-10-30-21(15)28-23-19(25(30)33)12-16(13-27)22(31(23)14-17-7-5-11-34-17)29-24(32)18-8-2-3-9-20(18)26/h2-4,6,8-10,12,17H,5,7,11,14H2,1H3/t17-/m1/s1. The minimum Gasteiger partial charge on any atom is -0.376 e. The number of nitriles is 1. The zero-order chi connectivity index (χ0) is 23.8. The number of nitrogens with zero attached hydrogens (tertiary/aromatic N) is 5. The van der Waals surface area contributed by atoms with E-state index >= 15 is 0 Å². The van der Waals surface area contributed by atoms with Crippen molar-refractivity contribution in [1.29, 1.82) is 5.26 Å². The molecule has 1 aromatic carbocycles. The molecule has 9 heteroatoms. The van der Waals surface area contributed by atoms with Crippen LogP contribution in [-0.4, -0.2) is 32.6 Å². The van der Waals surface area contributed by atoms with Crippen molar-refractivity contribution in [2.75, 3.05) is 6.61 Å². The van der Waals surface area contributed by atoms with E-state index in [0.29, 0.717) is 24.4 Å². The number of carbonyl (C=O) groups excluding carboxylic acids is 1. The van der Waals surface area contributed by atoms with Crippen LogP contribution in [0, 0.1) is 18.3 Å². The van der Waals surface area contributed by atoms with E-state index in [4.69, 9.17) is 21.3 Å². The highest BCUT2D eigenvalue weighted by Gasteiger charge is 2.21. The van der Waals surface area contributed by atoms with Crippen molar-refractivity contribution >= 4 is 34.2 Å². The first-order valence-electron chi connectivity index (χ1n) is 10.9. The first-order valence-corrected chi connectivity index (χ1v) is 11.3. The Morgan fingerprint density at radius 2 is 2.12 bits per heavy atom. The predicted molar refractivity (Wildman–Crippen MR) is 127 cm³/mol. The first kappa shape index (κ1) is 22.0. The van der Waals surface area contributed by atoms with E-state index in [1.54, 1.807) is 41.1 Å². The second kappa shape index (κ2) is 8.86. The van der Waals surface area contributed by atoms with Crippen LogP contribution in [0.4, 0.5) is 0 Å². The number of rotatable bonds is 3. The Morgan fingerprint density at radius 3 is 2.85 bits per heavy atom. The Hall–Kier alpha value is -3.80. The van der Waals surface area contributed by atoms with E-state index in [1.165, 1.54) is 10.5 Å².